The van der Waals surface area contributed by atoms with Gasteiger partial charge >= 0.3 is 0 Å². The fourth-order valence-corrected chi connectivity index (χ4v) is 12.5. The van der Waals surface area contributed by atoms with Crippen LogP contribution in [-0.4, -0.2) is 11.6 Å². The van der Waals surface area contributed by atoms with Crippen LogP contribution in [0.25, 0.3) is 11.1 Å². The Hall–Kier alpha value is -5.30. The first-order chi connectivity index (χ1) is 31.4. The highest BCUT2D eigenvalue weighted by molar-refractivity contribution is 6.28. The molecule has 332 valence electrons. The van der Waals surface area contributed by atoms with Crippen molar-refractivity contribution in [3.05, 3.63) is 105 Å². The van der Waals surface area contributed by atoms with Gasteiger partial charge in [0.05, 0.1) is 0 Å². The minimum atomic E-state index is -0.0471. The van der Waals surface area contributed by atoms with E-state index in [0.717, 1.165) is 86.2 Å². The molecule has 0 aromatic heterocycles. The zero-order chi connectivity index (χ0) is 44.7. The lowest BCUT2D eigenvalue weighted by atomic mass is 9.74. The second kappa shape index (κ2) is 23.6. The van der Waals surface area contributed by atoms with E-state index in [2.05, 4.69) is 36.4 Å². The molecule has 3 fully saturated rings. The van der Waals surface area contributed by atoms with Crippen LogP contribution in [0.1, 0.15) is 199 Å². The molecule has 64 heavy (non-hydrogen) atoms. The number of carbonyl (C=O) groups is 2. The van der Waals surface area contributed by atoms with Gasteiger partial charge in [0.2, 0.25) is 0 Å². The maximum atomic E-state index is 13.6. The van der Waals surface area contributed by atoms with E-state index in [4.69, 9.17) is 0 Å². The zero-order valence-electron chi connectivity index (χ0n) is 38.2. The van der Waals surface area contributed by atoms with E-state index < -0.39 is 0 Å². The number of ketones is 2. The summed E-state index contributed by atoms with van der Waals surface area (Å²) in [6.45, 7) is 0. The summed E-state index contributed by atoms with van der Waals surface area (Å²) in [5, 5.41) is 39.2. The molecule has 0 bridgehead atoms. The van der Waals surface area contributed by atoms with Crippen LogP contribution in [0.5, 0.6) is 0 Å². The van der Waals surface area contributed by atoms with Crippen molar-refractivity contribution in [3.63, 3.8) is 0 Å². The van der Waals surface area contributed by atoms with Crippen LogP contribution >= 0.6 is 0 Å². The highest BCUT2D eigenvalue weighted by Gasteiger charge is 2.35. The minimum absolute atomic E-state index is 0.0335. The number of carbonyl (C=O) groups excluding carboxylic acids is 2. The van der Waals surface area contributed by atoms with E-state index in [1.165, 1.54) is 116 Å². The van der Waals surface area contributed by atoms with Gasteiger partial charge in [0.25, 0.3) is 0 Å². The quantitative estimate of drug-likeness (QED) is 0.222. The maximum Gasteiger partial charge on any atom is 0.194 e. The fourth-order valence-electron chi connectivity index (χ4n) is 12.5. The molecule has 0 heterocycles. The Labute approximate surface area is 383 Å². The lowest BCUT2D eigenvalue weighted by Crippen LogP contribution is -2.19. The molecule has 2 aromatic rings. The molecule has 5 aliphatic rings. The van der Waals surface area contributed by atoms with Crippen molar-refractivity contribution in [3.8, 4) is 24.3 Å². The molecule has 5 aliphatic carbocycles. The number of rotatable bonds is 4. The van der Waals surface area contributed by atoms with Crippen molar-refractivity contribution >= 4 is 22.7 Å². The Balaban J connectivity index is 0.904. The molecule has 6 nitrogen and oxygen atoms in total. The molecule has 4 unspecified atom stereocenters. The van der Waals surface area contributed by atoms with Gasteiger partial charge in [-0.25, -0.2) is 0 Å². The normalized spacial score (nSPS) is 27.9. The van der Waals surface area contributed by atoms with E-state index in [-0.39, 0.29) is 34.5 Å². The predicted octanol–water partition coefficient (Wildman–Crippen LogP) is 15.1. The van der Waals surface area contributed by atoms with Crippen molar-refractivity contribution in [2.75, 3.05) is 0 Å². The first-order valence-corrected chi connectivity index (χ1v) is 25.3. The molecule has 6 heteroatoms. The number of allylic oxidation sites excluding steroid dienone is 8. The van der Waals surface area contributed by atoms with Gasteiger partial charge in [-0.2, -0.15) is 21.0 Å². The summed E-state index contributed by atoms with van der Waals surface area (Å²) in [5.41, 5.74) is 4.91. The van der Waals surface area contributed by atoms with E-state index in [0.29, 0.717) is 33.4 Å². The molecule has 0 radical (unpaired) electrons. The summed E-state index contributed by atoms with van der Waals surface area (Å²) in [7, 11) is 0. The Morgan fingerprint density at radius 1 is 0.375 bits per heavy atom. The van der Waals surface area contributed by atoms with Gasteiger partial charge in [-0.05, 0) is 72.3 Å². The number of nitrogens with zero attached hydrogens (tertiary/aromatic N) is 4. The van der Waals surface area contributed by atoms with Gasteiger partial charge in [0.1, 0.15) is 35.4 Å². The largest absolute Gasteiger partial charge is 0.289 e. The third kappa shape index (κ3) is 11.3. The second-order valence-corrected chi connectivity index (χ2v) is 19.8. The Morgan fingerprint density at radius 3 is 0.922 bits per heavy atom. The van der Waals surface area contributed by atoms with Gasteiger partial charge in [-0.3, -0.25) is 9.59 Å². The summed E-state index contributed by atoms with van der Waals surface area (Å²) in [5.74, 6) is 3.75. The van der Waals surface area contributed by atoms with Gasteiger partial charge in [0.15, 0.2) is 11.6 Å². The monoisotopic (exact) mass is 853 g/mol. The zero-order valence-corrected chi connectivity index (χ0v) is 38.2. The molecule has 4 atom stereocenters. The molecule has 2 aromatic carbocycles. The number of benzene rings is 2. The van der Waals surface area contributed by atoms with Crippen LogP contribution in [0.2, 0.25) is 0 Å². The van der Waals surface area contributed by atoms with Crippen LogP contribution in [0.4, 0.5) is 0 Å². The molecule has 0 amide bonds. The molecule has 0 N–H and O–H groups in total. The van der Waals surface area contributed by atoms with Crippen molar-refractivity contribution in [2.24, 2.45) is 35.5 Å². The summed E-state index contributed by atoms with van der Waals surface area (Å²) in [6, 6.07) is 23.1. The smallest absolute Gasteiger partial charge is 0.194 e. The number of fused-ring (bicyclic) bond motifs is 2. The fraction of sp³-hybridized carbons (Fsp3) is 0.552. The van der Waals surface area contributed by atoms with Crippen LogP contribution in [0, 0.1) is 80.8 Å². The van der Waals surface area contributed by atoms with Gasteiger partial charge < -0.3 is 0 Å². The Morgan fingerprint density at radius 2 is 0.625 bits per heavy atom. The average molecular weight is 853 g/mol. The van der Waals surface area contributed by atoms with Crippen molar-refractivity contribution in [2.45, 2.75) is 167 Å². The van der Waals surface area contributed by atoms with Crippen LogP contribution in [-0.2, 0) is 0 Å². The van der Waals surface area contributed by atoms with Crippen LogP contribution in [0.15, 0.2) is 83.0 Å². The summed E-state index contributed by atoms with van der Waals surface area (Å²) in [6.07, 6.45) is 36.8. The second-order valence-electron chi connectivity index (χ2n) is 19.8. The third-order valence-electron chi connectivity index (χ3n) is 15.9. The lowest BCUT2D eigenvalue weighted by Gasteiger charge is -2.32. The summed E-state index contributed by atoms with van der Waals surface area (Å²) < 4.78 is 0. The van der Waals surface area contributed by atoms with E-state index >= 15 is 0 Å². The highest BCUT2D eigenvalue weighted by Crippen LogP contribution is 2.43. The van der Waals surface area contributed by atoms with Gasteiger partial charge in [-0.1, -0.05) is 202 Å². The van der Waals surface area contributed by atoms with Crippen molar-refractivity contribution < 1.29 is 9.59 Å². The molecule has 0 aliphatic heterocycles. The number of nitriles is 4. The van der Waals surface area contributed by atoms with E-state index in [9.17, 15) is 30.6 Å². The SMILES string of the molecule is N#CC(C#N)=C1/C(=C/C2CCCCCC(C3CCCCC(C4CCCCCC(/C=C5\C(=O)c6ccccc6C5=C(C#N)C#N)CCCC4)CCCC3)CCCC2)C(=O)c2ccccc21. The van der Waals surface area contributed by atoms with Gasteiger partial charge in [-0.15, -0.1) is 0 Å². The topological polar surface area (TPSA) is 129 Å². The average Bonchev–Trinajstić information content (AvgIpc) is 3.70. The summed E-state index contributed by atoms with van der Waals surface area (Å²) in [4.78, 5) is 27.2. The van der Waals surface area contributed by atoms with E-state index in [1.54, 1.807) is 0 Å². The molecule has 0 spiro atoms. The molecular weight excluding hydrogens is 785 g/mol. The number of hydrogen-bond acceptors (Lipinski definition) is 6. The molecule has 3 saturated carbocycles. The van der Waals surface area contributed by atoms with Crippen LogP contribution in [0.3, 0.4) is 0 Å². The first-order valence-electron chi connectivity index (χ1n) is 25.3. The molecule has 0 saturated heterocycles. The highest BCUT2D eigenvalue weighted by atomic mass is 16.1. The predicted molar refractivity (Wildman–Crippen MR) is 255 cm³/mol. The van der Waals surface area contributed by atoms with Crippen molar-refractivity contribution in [1.82, 2.24) is 0 Å². The minimum Gasteiger partial charge on any atom is -0.289 e. The van der Waals surface area contributed by atoms with Gasteiger partial charge in [0, 0.05) is 33.4 Å². The maximum absolute atomic E-state index is 13.6. The Kier molecular flexibility index (Phi) is 17.2. The number of Topliss-reactive ketones (excluding diaryl/α,β-unsaturated/α-hetero) is 2. The van der Waals surface area contributed by atoms with Crippen LogP contribution < -0.4 is 0 Å². The lowest BCUT2D eigenvalue weighted by molar-refractivity contribution is 0.103. The van der Waals surface area contributed by atoms with E-state index in [1.807, 2.05) is 48.5 Å². The molecule has 7 rings (SSSR count). The third-order valence-corrected chi connectivity index (χ3v) is 15.9. The Bertz CT molecular complexity index is 2090. The summed E-state index contributed by atoms with van der Waals surface area (Å²) >= 11 is 0. The number of hydrogen-bond donors (Lipinski definition) is 0. The molecular formula is C58H68N4O2. The standard InChI is InChI=1S/C58H68N4O2/c59-37-47(38-60)55-49-31-15-17-33-51(49)57(63)53(55)35-41-19-3-1-5-23-43(25-9-7-21-41)45-27-11-13-29-46(30-14-12-28-45)44-24-6-2-4-20-42(22-8-10-26-44)36-54-56(48(39-61)40-62)50-32-16-18-34-52(50)58(54)64/h15-18,31-36,41-46H,1-14,19-30H2/b53-35-,54-36-. The van der Waals surface area contributed by atoms with Crippen molar-refractivity contribution in [1.29, 1.82) is 21.0 Å². The first kappa shape index (κ1) is 46.7.